The van der Waals surface area contributed by atoms with E-state index in [1.807, 2.05) is 0 Å². The van der Waals surface area contributed by atoms with E-state index in [2.05, 4.69) is 12.2 Å². The largest absolute Gasteiger partial charge is 0.378 e. The van der Waals surface area contributed by atoms with Gasteiger partial charge in [-0.3, -0.25) is 0 Å². The Balaban J connectivity index is 1.77. The number of hydrogen-bond acceptors (Lipinski definition) is 4. The van der Waals surface area contributed by atoms with Crippen molar-refractivity contribution in [3.63, 3.8) is 0 Å². The molecule has 0 aromatic heterocycles. The van der Waals surface area contributed by atoms with Gasteiger partial charge in [-0.15, -0.1) is 0 Å². The van der Waals surface area contributed by atoms with Crippen LogP contribution in [0.3, 0.4) is 0 Å². The van der Waals surface area contributed by atoms with Crippen LogP contribution in [0.2, 0.25) is 0 Å². The van der Waals surface area contributed by atoms with Crippen LogP contribution in [0.4, 0.5) is 0 Å². The molecule has 2 fully saturated rings. The van der Waals surface area contributed by atoms with Gasteiger partial charge >= 0.3 is 0 Å². The zero-order valence-corrected chi connectivity index (χ0v) is 11.3. The van der Waals surface area contributed by atoms with Crippen molar-refractivity contribution >= 4 is 9.84 Å². The third-order valence-corrected chi connectivity index (χ3v) is 5.56. The van der Waals surface area contributed by atoms with E-state index in [0.29, 0.717) is 29.7 Å². The summed E-state index contributed by atoms with van der Waals surface area (Å²) in [5.41, 5.74) is 0. The lowest BCUT2D eigenvalue weighted by atomic mass is 9.99. The minimum atomic E-state index is -2.74. The summed E-state index contributed by atoms with van der Waals surface area (Å²) in [6.45, 7) is 2.99. The van der Waals surface area contributed by atoms with E-state index < -0.39 is 9.84 Å². The fourth-order valence-corrected chi connectivity index (χ4v) is 4.20. The molecule has 1 N–H and O–H groups in total. The second kappa shape index (κ2) is 5.67. The first-order chi connectivity index (χ1) is 8.09. The molecule has 100 valence electrons. The Kier molecular flexibility index (Phi) is 4.44. The maximum atomic E-state index is 11.3. The average molecular weight is 261 g/mol. The van der Waals surface area contributed by atoms with Crippen molar-refractivity contribution in [2.24, 2.45) is 0 Å². The first-order valence-corrected chi connectivity index (χ1v) is 8.49. The van der Waals surface area contributed by atoms with Crippen LogP contribution >= 0.6 is 0 Å². The molecule has 4 nitrogen and oxygen atoms in total. The molecule has 2 heterocycles. The second-order valence-corrected chi connectivity index (χ2v) is 7.52. The summed E-state index contributed by atoms with van der Waals surface area (Å²) >= 11 is 0. The van der Waals surface area contributed by atoms with Crippen molar-refractivity contribution in [2.45, 2.75) is 57.2 Å². The number of rotatable bonds is 3. The summed E-state index contributed by atoms with van der Waals surface area (Å²) in [6.07, 6.45) is 5.12. The van der Waals surface area contributed by atoms with E-state index in [4.69, 9.17) is 4.74 Å². The summed E-state index contributed by atoms with van der Waals surface area (Å²) in [6, 6.07) is 0.902. The predicted octanol–water partition coefficient (Wildman–Crippen LogP) is 1.11. The highest BCUT2D eigenvalue weighted by atomic mass is 32.2. The van der Waals surface area contributed by atoms with Gasteiger partial charge in [0.2, 0.25) is 0 Å². The van der Waals surface area contributed by atoms with Gasteiger partial charge in [0.25, 0.3) is 0 Å². The highest BCUT2D eigenvalue weighted by molar-refractivity contribution is 7.91. The molecule has 2 saturated heterocycles. The molecule has 0 bridgehead atoms. The second-order valence-electron chi connectivity index (χ2n) is 5.22. The zero-order valence-electron chi connectivity index (χ0n) is 10.5. The van der Waals surface area contributed by atoms with Crippen LogP contribution in [-0.2, 0) is 14.6 Å². The number of nitrogens with one attached hydrogen (secondary N) is 1. The van der Waals surface area contributed by atoms with E-state index in [-0.39, 0.29) is 0 Å². The van der Waals surface area contributed by atoms with Crippen LogP contribution in [0.1, 0.15) is 39.0 Å². The molecule has 0 aliphatic carbocycles. The lowest BCUT2D eigenvalue weighted by molar-refractivity contribution is -0.00214. The van der Waals surface area contributed by atoms with E-state index in [9.17, 15) is 8.42 Å². The lowest BCUT2D eigenvalue weighted by Gasteiger charge is -2.34. The van der Waals surface area contributed by atoms with Crippen LogP contribution in [0.5, 0.6) is 0 Å². The Morgan fingerprint density at radius 2 is 1.88 bits per heavy atom. The van der Waals surface area contributed by atoms with Gasteiger partial charge in [-0.2, -0.15) is 0 Å². The quantitative estimate of drug-likeness (QED) is 0.827. The number of ether oxygens (including phenoxy) is 1. The molecule has 2 atom stereocenters. The molecule has 17 heavy (non-hydrogen) atoms. The maximum Gasteiger partial charge on any atom is 0.150 e. The van der Waals surface area contributed by atoms with Crippen molar-refractivity contribution in [2.75, 3.05) is 18.1 Å². The first kappa shape index (κ1) is 13.3. The highest BCUT2D eigenvalue weighted by Gasteiger charge is 2.27. The van der Waals surface area contributed by atoms with Crippen molar-refractivity contribution in [3.8, 4) is 0 Å². The monoisotopic (exact) mass is 261 g/mol. The Hall–Kier alpha value is -0.130. The van der Waals surface area contributed by atoms with E-state index in [1.165, 1.54) is 0 Å². The van der Waals surface area contributed by atoms with Crippen LogP contribution in [-0.4, -0.2) is 44.7 Å². The summed E-state index contributed by atoms with van der Waals surface area (Å²) in [5, 5.41) is 3.62. The van der Waals surface area contributed by atoms with Crippen molar-refractivity contribution in [3.05, 3.63) is 0 Å². The van der Waals surface area contributed by atoms with Gasteiger partial charge < -0.3 is 10.1 Å². The number of sulfone groups is 1. The standard InChI is InChI=1S/C12H23NO3S/c1-2-12-9-11(3-6-16-12)13-10-4-7-17(14,15)8-5-10/h10-13H,2-9H2,1H3. The van der Waals surface area contributed by atoms with Crippen LogP contribution < -0.4 is 5.32 Å². The summed E-state index contributed by atoms with van der Waals surface area (Å²) in [7, 11) is -2.74. The molecule has 0 aromatic rings. The van der Waals surface area contributed by atoms with E-state index in [1.54, 1.807) is 0 Å². The van der Waals surface area contributed by atoms with Gasteiger partial charge in [0, 0.05) is 18.7 Å². The number of hydrogen-bond donors (Lipinski definition) is 1. The van der Waals surface area contributed by atoms with Gasteiger partial charge in [0.1, 0.15) is 9.84 Å². The predicted molar refractivity (Wildman–Crippen MR) is 67.9 cm³/mol. The molecule has 2 aliphatic heterocycles. The fourth-order valence-electron chi connectivity index (χ4n) is 2.71. The maximum absolute atomic E-state index is 11.3. The zero-order chi connectivity index (χ0) is 12.3. The molecule has 0 spiro atoms. The Morgan fingerprint density at radius 1 is 1.18 bits per heavy atom. The summed E-state index contributed by atoms with van der Waals surface area (Å²) in [5.74, 6) is 0.705. The van der Waals surface area contributed by atoms with Gasteiger partial charge in [-0.05, 0) is 32.1 Å². The van der Waals surface area contributed by atoms with Crippen LogP contribution in [0.25, 0.3) is 0 Å². The minimum absolute atomic E-state index is 0.352. The third-order valence-electron chi connectivity index (χ3n) is 3.85. The van der Waals surface area contributed by atoms with E-state index in [0.717, 1.165) is 38.7 Å². The average Bonchev–Trinajstić information content (AvgIpc) is 2.32. The molecule has 2 unspecified atom stereocenters. The molecule has 0 amide bonds. The Morgan fingerprint density at radius 3 is 2.53 bits per heavy atom. The molecule has 0 radical (unpaired) electrons. The molecule has 2 aliphatic rings. The topological polar surface area (TPSA) is 55.4 Å². The SMILES string of the molecule is CCC1CC(NC2CCS(=O)(=O)CC2)CCO1. The summed E-state index contributed by atoms with van der Waals surface area (Å²) in [4.78, 5) is 0. The van der Waals surface area contributed by atoms with Crippen LogP contribution in [0, 0.1) is 0 Å². The molecular formula is C12H23NO3S. The molecule has 5 heteroatoms. The van der Waals surface area contributed by atoms with Gasteiger partial charge in [0.05, 0.1) is 17.6 Å². The van der Waals surface area contributed by atoms with Gasteiger partial charge in [-0.1, -0.05) is 6.92 Å². The minimum Gasteiger partial charge on any atom is -0.378 e. The first-order valence-electron chi connectivity index (χ1n) is 6.67. The smallest absolute Gasteiger partial charge is 0.150 e. The molecule has 2 rings (SSSR count). The normalized spacial score (nSPS) is 34.6. The summed E-state index contributed by atoms with van der Waals surface area (Å²) < 4.78 is 28.3. The third kappa shape index (κ3) is 3.93. The van der Waals surface area contributed by atoms with Gasteiger partial charge in [-0.25, -0.2) is 8.42 Å². The van der Waals surface area contributed by atoms with Crippen LogP contribution in [0.15, 0.2) is 0 Å². The van der Waals surface area contributed by atoms with Gasteiger partial charge in [0.15, 0.2) is 0 Å². The molecule has 0 aromatic carbocycles. The Bertz CT molecular complexity index is 328. The van der Waals surface area contributed by atoms with Crippen molar-refractivity contribution in [1.29, 1.82) is 0 Å². The van der Waals surface area contributed by atoms with Crippen molar-refractivity contribution < 1.29 is 13.2 Å². The van der Waals surface area contributed by atoms with Crippen molar-refractivity contribution in [1.82, 2.24) is 5.32 Å². The fraction of sp³-hybridized carbons (Fsp3) is 1.00. The Labute approximate surface area is 104 Å². The lowest BCUT2D eigenvalue weighted by Crippen LogP contribution is -2.46. The molecule has 0 saturated carbocycles. The molecular weight excluding hydrogens is 238 g/mol. The highest BCUT2D eigenvalue weighted by Crippen LogP contribution is 2.19. The van der Waals surface area contributed by atoms with E-state index >= 15 is 0 Å².